The van der Waals surface area contributed by atoms with Crippen LogP contribution in [-0.2, 0) is 0 Å². The molecule has 7 heteroatoms. The maximum atomic E-state index is 13.5. The number of hydrogen-bond acceptors (Lipinski definition) is 2. The molecule has 0 unspecified atom stereocenters. The summed E-state index contributed by atoms with van der Waals surface area (Å²) in [6.45, 7) is 0. The molecule has 1 N–H and O–H groups in total. The first-order valence-electron chi connectivity index (χ1n) is 6.61. The van der Waals surface area contributed by atoms with Crippen LogP contribution in [0.15, 0.2) is 54.7 Å². The topological polar surface area (TPSA) is 46.9 Å². The summed E-state index contributed by atoms with van der Waals surface area (Å²) in [5.74, 6) is -2.64. The van der Waals surface area contributed by atoms with E-state index in [2.05, 4.69) is 10.4 Å². The largest absolute Gasteiger partial charge is 0.318 e. The molecule has 0 aliphatic carbocycles. The fraction of sp³-hybridized carbons (Fsp3) is 0. The lowest BCUT2D eigenvalue weighted by Gasteiger charge is -2.04. The predicted octanol–water partition coefficient (Wildman–Crippen LogP) is 3.54. The maximum Gasteiger partial charge on any atom is 0.276 e. The van der Waals surface area contributed by atoms with Gasteiger partial charge in [-0.1, -0.05) is 0 Å². The molecule has 0 radical (unpaired) electrons. The third-order valence-electron chi connectivity index (χ3n) is 3.09. The minimum atomic E-state index is -0.878. The molecule has 0 aliphatic rings. The summed E-state index contributed by atoms with van der Waals surface area (Å²) in [5.41, 5.74) is 0.462. The number of benzene rings is 2. The van der Waals surface area contributed by atoms with Crippen molar-refractivity contribution in [3.8, 4) is 5.69 Å². The second-order valence-electron chi connectivity index (χ2n) is 4.70. The van der Waals surface area contributed by atoms with Crippen molar-refractivity contribution in [2.75, 3.05) is 5.32 Å². The molecule has 4 nitrogen and oxygen atoms in total. The summed E-state index contributed by atoms with van der Waals surface area (Å²) >= 11 is 0. The first-order valence-corrected chi connectivity index (χ1v) is 6.61. The molecule has 0 saturated heterocycles. The predicted molar refractivity (Wildman–Crippen MR) is 77.8 cm³/mol. The van der Waals surface area contributed by atoms with E-state index < -0.39 is 17.5 Å². The zero-order chi connectivity index (χ0) is 16.4. The molecule has 0 atom stereocenters. The van der Waals surface area contributed by atoms with Gasteiger partial charge in [0.1, 0.15) is 17.5 Å². The highest BCUT2D eigenvalue weighted by Crippen LogP contribution is 2.16. The fourth-order valence-electron chi connectivity index (χ4n) is 1.96. The number of rotatable bonds is 3. The molecule has 0 fully saturated rings. The summed E-state index contributed by atoms with van der Waals surface area (Å²) in [5, 5.41) is 6.35. The lowest BCUT2D eigenvalue weighted by atomic mass is 10.3. The van der Waals surface area contributed by atoms with Crippen molar-refractivity contribution < 1.29 is 18.0 Å². The number of nitrogens with zero attached hydrogens (tertiary/aromatic N) is 2. The van der Waals surface area contributed by atoms with Gasteiger partial charge in [-0.3, -0.25) is 4.79 Å². The number of carbonyl (C=O) groups is 1. The lowest BCUT2D eigenvalue weighted by Crippen LogP contribution is -2.14. The van der Waals surface area contributed by atoms with Crippen LogP contribution in [0.25, 0.3) is 5.69 Å². The Labute approximate surface area is 129 Å². The van der Waals surface area contributed by atoms with Gasteiger partial charge in [0.15, 0.2) is 5.69 Å². The number of nitrogens with one attached hydrogen (secondary N) is 1. The van der Waals surface area contributed by atoms with E-state index in [1.54, 1.807) is 0 Å². The molecule has 23 heavy (non-hydrogen) atoms. The third-order valence-corrected chi connectivity index (χ3v) is 3.09. The summed E-state index contributed by atoms with van der Waals surface area (Å²) in [4.78, 5) is 12.0. The average molecular weight is 317 g/mol. The Hall–Kier alpha value is -3.09. The zero-order valence-corrected chi connectivity index (χ0v) is 11.6. The number of aromatic nitrogens is 2. The van der Waals surface area contributed by atoms with Crippen LogP contribution in [0.4, 0.5) is 18.9 Å². The van der Waals surface area contributed by atoms with Crippen molar-refractivity contribution >= 4 is 11.6 Å². The Balaban J connectivity index is 1.79. The van der Waals surface area contributed by atoms with E-state index in [1.165, 1.54) is 41.2 Å². The summed E-state index contributed by atoms with van der Waals surface area (Å²) in [7, 11) is 0. The number of carbonyl (C=O) groups excluding carboxylic acids is 1. The summed E-state index contributed by atoms with van der Waals surface area (Å²) < 4.78 is 40.6. The molecule has 2 aromatic carbocycles. The van der Waals surface area contributed by atoms with Crippen molar-refractivity contribution in [3.63, 3.8) is 0 Å². The van der Waals surface area contributed by atoms with Crippen LogP contribution in [0.3, 0.4) is 0 Å². The lowest BCUT2D eigenvalue weighted by molar-refractivity contribution is 0.102. The molecule has 0 spiro atoms. The molecular formula is C16H10F3N3O. The van der Waals surface area contributed by atoms with Gasteiger partial charge in [0.05, 0.1) is 11.4 Å². The Morgan fingerprint density at radius 3 is 2.35 bits per heavy atom. The Morgan fingerprint density at radius 2 is 1.65 bits per heavy atom. The van der Waals surface area contributed by atoms with Gasteiger partial charge in [-0.2, -0.15) is 5.10 Å². The van der Waals surface area contributed by atoms with E-state index in [-0.39, 0.29) is 17.2 Å². The van der Waals surface area contributed by atoms with Gasteiger partial charge >= 0.3 is 0 Å². The van der Waals surface area contributed by atoms with Crippen molar-refractivity contribution in [3.05, 3.63) is 77.9 Å². The van der Waals surface area contributed by atoms with Crippen molar-refractivity contribution in [2.45, 2.75) is 0 Å². The van der Waals surface area contributed by atoms with E-state index in [1.807, 2.05) is 0 Å². The van der Waals surface area contributed by atoms with Crippen LogP contribution in [0, 0.1) is 17.5 Å². The Morgan fingerprint density at radius 1 is 0.957 bits per heavy atom. The third kappa shape index (κ3) is 3.23. The normalized spacial score (nSPS) is 10.6. The minimum absolute atomic E-state index is 0.0399. The highest BCUT2D eigenvalue weighted by atomic mass is 19.1. The van der Waals surface area contributed by atoms with Gasteiger partial charge in [0, 0.05) is 12.3 Å². The molecule has 1 aromatic heterocycles. The van der Waals surface area contributed by atoms with Gasteiger partial charge in [0.25, 0.3) is 5.91 Å². The molecule has 0 saturated carbocycles. The van der Waals surface area contributed by atoms with Crippen molar-refractivity contribution in [2.24, 2.45) is 0 Å². The molecule has 3 rings (SSSR count). The highest BCUT2D eigenvalue weighted by molar-refractivity contribution is 6.02. The second kappa shape index (κ2) is 5.96. The number of hydrogen-bond donors (Lipinski definition) is 1. The quantitative estimate of drug-likeness (QED) is 0.803. The molecular weight excluding hydrogens is 307 g/mol. The average Bonchev–Trinajstić information content (AvgIpc) is 3.01. The van der Waals surface area contributed by atoms with Crippen LogP contribution < -0.4 is 5.32 Å². The monoisotopic (exact) mass is 317 g/mol. The van der Waals surface area contributed by atoms with Gasteiger partial charge in [-0.25, -0.2) is 17.9 Å². The molecule has 3 aromatic rings. The van der Waals surface area contributed by atoms with Gasteiger partial charge in [-0.05, 0) is 42.5 Å². The zero-order valence-electron chi connectivity index (χ0n) is 11.6. The number of halogens is 3. The molecule has 1 heterocycles. The van der Waals surface area contributed by atoms with E-state index in [0.29, 0.717) is 11.8 Å². The van der Waals surface area contributed by atoms with Gasteiger partial charge in [0.2, 0.25) is 0 Å². The maximum absolute atomic E-state index is 13.5. The molecule has 0 aliphatic heterocycles. The molecule has 116 valence electrons. The summed E-state index contributed by atoms with van der Waals surface area (Å²) in [6.07, 6.45) is 1.52. The summed E-state index contributed by atoms with van der Waals surface area (Å²) in [6, 6.07) is 9.81. The van der Waals surface area contributed by atoms with Crippen LogP contribution in [0.1, 0.15) is 10.5 Å². The van der Waals surface area contributed by atoms with Crippen LogP contribution in [0.2, 0.25) is 0 Å². The first kappa shape index (κ1) is 14.8. The first-order chi connectivity index (χ1) is 11.0. The van der Waals surface area contributed by atoms with Crippen LogP contribution in [0.5, 0.6) is 0 Å². The van der Waals surface area contributed by atoms with Crippen LogP contribution in [-0.4, -0.2) is 15.7 Å². The highest BCUT2D eigenvalue weighted by Gasteiger charge is 2.13. The van der Waals surface area contributed by atoms with Gasteiger partial charge in [-0.15, -0.1) is 0 Å². The molecule has 0 bridgehead atoms. The second-order valence-corrected chi connectivity index (χ2v) is 4.70. The van der Waals surface area contributed by atoms with E-state index >= 15 is 0 Å². The minimum Gasteiger partial charge on any atom is -0.318 e. The SMILES string of the molecule is O=C(Nc1ccc(F)cc1F)c1ccn(-c2ccc(F)cc2)n1. The molecule has 1 amide bonds. The Bertz CT molecular complexity index is 859. The van der Waals surface area contributed by atoms with Crippen LogP contribution >= 0.6 is 0 Å². The smallest absolute Gasteiger partial charge is 0.276 e. The van der Waals surface area contributed by atoms with Crippen molar-refractivity contribution in [1.29, 1.82) is 0 Å². The fourth-order valence-corrected chi connectivity index (χ4v) is 1.96. The number of amides is 1. The standard InChI is InChI=1S/C16H10F3N3O/c17-10-1-4-12(5-2-10)22-8-7-15(21-22)16(23)20-14-6-3-11(18)9-13(14)19/h1-9H,(H,20,23). The number of anilines is 1. The Kier molecular flexibility index (Phi) is 3.84. The van der Waals surface area contributed by atoms with E-state index in [4.69, 9.17) is 0 Å². The van der Waals surface area contributed by atoms with E-state index in [9.17, 15) is 18.0 Å². The van der Waals surface area contributed by atoms with E-state index in [0.717, 1.165) is 12.1 Å². The van der Waals surface area contributed by atoms with Crippen molar-refractivity contribution in [1.82, 2.24) is 9.78 Å². The van der Waals surface area contributed by atoms with Gasteiger partial charge < -0.3 is 5.32 Å².